The van der Waals surface area contributed by atoms with Crippen molar-refractivity contribution >= 4 is 5.97 Å². The smallest absolute Gasteiger partial charge is 0.307 e. The largest absolute Gasteiger partial charge is 0.466 e. The van der Waals surface area contributed by atoms with Gasteiger partial charge in [-0.15, -0.1) is 0 Å². The fourth-order valence-electron chi connectivity index (χ4n) is 2.50. The summed E-state index contributed by atoms with van der Waals surface area (Å²) in [6.07, 6.45) is 3.99. The number of halogens is 1. The van der Waals surface area contributed by atoms with E-state index in [1.165, 1.54) is 31.4 Å². The van der Waals surface area contributed by atoms with Crippen LogP contribution in [0, 0.1) is 11.7 Å². The zero-order chi connectivity index (χ0) is 14.4. The molecule has 1 fully saturated rings. The van der Waals surface area contributed by atoms with Crippen LogP contribution >= 0.6 is 0 Å². The Bertz CT molecular complexity index is 429. The molecule has 4 heteroatoms. The van der Waals surface area contributed by atoms with Crippen molar-refractivity contribution in [3.63, 3.8) is 0 Å². The molecule has 1 saturated carbocycles. The maximum atomic E-state index is 12.9. The molecule has 1 aromatic rings. The summed E-state index contributed by atoms with van der Waals surface area (Å²) in [6.45, 7) is 2.90. The molecule has 0 amide bonds. The average molecular weight is 279 g/mol. The molecular formula is C16H22FNO2. The van der Waals surface area contributed by atoms with Crippen LogP contribution in [0.2, 0.25) is 0 Å². The van der Waals surface area contributed by atoms with E-state index in [0.29, 0.717) is 25.5 Å². The minimum atomic E-state index is -0.226. The molecule has 0 aliphatic heterocycles. The number of ether oxygens (including phenoxy) is 1. The van der Waals surface area contributed by atoms with Gasteiger partial charge in [-0.1, -0.05) is 18.6 Å². The highest BCUT2D eigenvalue weighted by atomic mass is 19.1. The summed E-state index contributed by atoms with van der Waals surface area (Å²) in [5, 5.41) is 3.42. The molecule has 1 N–H and O–H groups in total. The first-order valence-corrected chi connectivity index (χ1v) is 7.32. The van der Waals surface area contributed by atoms with Crippen molar-refractivity contribution in [1.82, 2.24) is 5.32 Å². The molecule has 0 saturated heterocycles. The Morgan fingerprint density at radius 1 is 1.40 bits per heavy atom. The van der Waals surface area contributed by atoms with Crippen LogP contribution in [0.25, 0.3) is 0 Å². The zero-order valence-electron chi connectivity index (χ0n) is 11.9. The van der Waals surface area contributed by atoms with Gasteiger partial charge in [0.25, 0.3) is 0 Å². The van der Waals surface area contributed by atoms with Gasteiger partial charge < -0.3 is 10.1 Å². The van der Waals surface area contributed by atoms with Crippen LogP contribution in [-0.2, 0) is 16.1 Å². The van der Waals surface area contributed by atoms with Crippen LogP contribution in [0.5, 0.6) is 0 Å². The molecule has 0 aromatic heterocycles. The number of hydrogen-bond acceptors (Lipinski definition) is 3. The SMILES string of the molecule is CCOC(=O)CC(NCc1ccc(F)cc1)C1CCC1. The molecule has 3 nitrogen and oxygen atoms in total. The summed E-state index contributed by atoms with van der Waals surface area (Å²) in [5.41, 5.74) is 1.03. The lowest BCUT2D eigenvalue weighted by atomic mass is 9.78. The van der Waals surface area contributed by atoms with Gasteiger partial charge in [0.2, 0.25) is 0 Å². The van der Waals surface area contributed by atoms with Crippen LogP contribution in [0.15, 0.2) is 24.3 Å². The van der Waals surface area contributed by atoms with Crippen LogP contribution in [0.1, 0.15) is 38.2 Å². The lowest BCUT2D eigenvalue weighted by Crippen LogP contribution is -2.41. The highest BCUT2D eigenvalue weighted by Gasteiger charge is 2.29. The summed E-state index contributed by atoms with van der Waals surface area (Å²) >= 11 is 0. The standard InChI is InChI=1S/C16H22FNO2/c1-2-20-16(19)10-15(13-4-3-5-13)18-11-12-6-8-14(17)9-7-12/h6-9,13,15,18H,2-5,10-11H2,1H3. The third-order valence-electron chi connectivity index (χ3n) is 3.89. The number of esters is 1. The topological polar surface area (TPSA) is 38.3 Å². The van der Waals surface area contributed by atoms with Gasteiger partial charge in [-0.25, -0.2) is 4.39 Å². The van der Waals surface area contributed by atoms with Gasteiger partial charge >= 0.3 is 5.97 Å². The molecule has 1 aliphatic carbocycles. The number of nitrogens with one attached hydrogen (secondary N) is 1. The van der Waals surface area contributed by atoms with Gasteiger partial charge in [-0.05, 0) is 43.4 Å². The predicted octanol–water partition coefficient (Wildman–Crippen LogP) is 3.04. The summed E-state index contributed by atoms with van der Waals surface area (Å²) in [5.74, 6) is 0.187. The number of hydrogen-bond donors (Lipinski definition) is 1. The molecule has 2 rings (SSSR count). The summed E-state index contributed by atoms with van der Waals surface area (Å²) in [4.78, 5) is 11.6. The first kappa shape index (κ1) is 15.0. The van der Waals surface area contributed by atoms with Crippen molar-refractivity contribution < 1.29 is 13.9 Å². The summed E-state index contributed by atoms with van der Waals surface area (Å²) in [6, 6.07) is 6.61. The van der Waals surface area contributed by atoms with Gasteiger partial charge in [0.1, 0.15) is 5.82 Å². The Kier molecular flexibility index (Phi) is 5.53. The van der Waals surface area contributed by atoms with E-state index < -0.39 is 0 Å². The maximum Gasteiger partial charge on any atom is 0.307 e. The summed E-state index contributed by atoms with van der Waals surface area (Å²) in [7, 11) is 0. The minimum Gasteiger partial charge on any atom is -0.466 e. The Morgan fingerprint density at radius 2 is 2.10 bits per heavy atom. The molecule has 0 spiro atoms. The van der Waals surface area contributed by atoms with Gasteiger partial charge in [-0.2, -0.15) is 0 Å². The van der Waals surface area contributed by atoms with E-state index in [4.69, 9.17) is 4.74 Å². The van der Waals surface area contributed by atoms with E-state index in [-0.39, 0.29) is 17.8 Å². The second-order valence-corrected chi connectivity index (χ2v) is 5.31. The van der Waals surface area contributed by atoms with E-state index in [2.05, 4.69) is 5.32 Å². The number of carbonyl (C=O) groups is 1. The Labute approximate surface area is 119 Å². The molecule has 110 valence electrons. The lowest BCUT2D eigenvalue weighted by molar-refractivity contribution is -0.144. The normalized spacial score (nSPS) is 16.5. The minimum absolute atomic E-state index is 0.143. The zero-order valence-corrected chi connectivity index (χ0v) is 11.9. The second kappa shape index (κ2) is 7.39. The average Bonchev–Trinajstić information content (AvgIpc) is 2.36. The van der Waals surface area contributed by atoms with Gasteiger partial charge in [0.15, 0.2) is 0 Å². The Balaban J connectivity index is 1.86. The lowest BCUT2D eigenvalue weighted by Gasteiger charge is -2.34. The predicted molar refractivity (Wildman–Crippen MR) is 75.6 cm³/mol. The van der Waals surface area contributed by atoms with Gasteiger partial charge in [0.05, 0.1) is 13.0 Å². The number of benzene rings is 1. The summed E-state index contributed by atoms with van der Waals surface area (Å²) < 4.78 is 17.9. The molecule has 0 bridgehead atoms. The first-order valence-electron chi connectivity index (χ1n) is 7.32. The van der Waals surface area contributed by atoms with Crippen molar-refractivity contribution in [2.45, 2.75) is 45.2 Å². The second-order valence-electron chi connectivity index (χ2n) is 5.31. The molecule has 0 heterocycles. The van der Waals surface area contributed by atoms with E-state index in [0.717, 1.165) is 5.56 Å². The third-order valence-corrected chi connectivity index (χ3v) is 3.89. The van der Waals surface area contributed by atoms with Gasteiger partial charge in [0, 0.05) is 12.6 Å². The van der Waals surface area contributed by atoms with Crippen LogP contribution < -0.4 is 5.32 Å². The molecule has 1 aromatic carbocycles. The van der Waals surface area contributed by atoms with E-state index in [9.17, 15) is 9.18 Å². The first-order chi connectivity index (χ1) is 9.69. The fourth-order valence-corrected chi connectivity index (χ4v) is 2.50. The Hall–Kier alpha value is -1.42. The van der Waals surface area contributed by atoms with Crippen molar-refractivity contribution in [2.24, 2.45) is 5.92 Å². The molecular weight excluding hydrogens is 257 g/mol. The molecule has 1 unspecified atom stereocenters. The van der Waals surface area contributed by atoms with Crippen LogP contribution in [-0.4, -0.2) is 18.6 Å². The molecule has 1 atom stereocenters. The molecule has 0 radical (unpaired) electrons. The van der Waals surface area contributed by atoms with Crippen molar-refractivity contribution in [1.29, 1.82) is 0 Å². The highest BCUT2D eigenvalue weighted by Crippen LogP contribution is 2.31. The molecule has 1 aliphatic rings. The van der Waals surface area contributed by atoms with Crippen molar-refractivity contribution in [3.8, 4) is 0 Å². The van der Waals surface area contributed by atoms with Gasteiger partial charge in [-0.3, -0.25) is 4.79 Å². The van der Waals surface area contributed by atoms with E-state index in [1.807, 2.05) is 6.92 Å². The third kappa shape index (κ3) is 4.30. The van der Waals surface area contributed by atoms with E-state index >= 15 is 0 Å². The van der Waals surface area contributed by atoms with Crippen molar-refractivity contribution in [3.05, 3.63) is 35.6 Å². The van der Waals surface area contributed by atoms with Crippen LogP contribution in [0.4, 0.5) is 4.39 Å². The highest BCUT2D eigenvalue weighted by molar-refractivity contribution is 5.70. The van der Waals surface area contributed by atoms with Crippen LogP contribution in [0.3, 0.4) is 0 Å². The quantitative estimate of drug-likeness (QED) is 0.780. The van der Waals surface area contributed by atoms with Crippen molar-refractivity contribution in [2.75, 3.05) is 6.61 Å². The fraction of sp³-hybridized carbons (Fsp3) is 0.562. The molecule has 20 heavy (non-hydrogen) atoms. The maximum absolute atomic E-state index is 12.9. The number of carbonyl (C=O) groups excluding carboxylic acids is 1. The van der Waals surface area contributed by atoms with E-state index in [1.54, 1.807) is 12.1 Å². The monoisotopic (exact) mass is 279 g/mol. The Morgan fingerprint density at radius 3 is 2.65 bits per heavy atom. The number of rotatable bonds is 7.